The van der Waals surface area contributed by atoms with E-state index < -0.39 is 0 Å². The second kappa shape index (κ2) is 6.90. The first-order valence-electron chi connectivity index (χ1n) is 6.61. The van der Waals surface area contributed by atoms with E-state index in [0.717, 1.165) is 6.42 Å². The Hall–Kier alpha value is -1.56. The summed E-state index contributed by atoms with van der Waals surface area (Å²) in [4.78, 5) is 0. The van der Waals surface area contributed by atoms with E-state index in [-0.39, 0.29) is 0 Å². The summed E-state index contributed by atoms with van der Waals surface area (Å²) < 4.78 is 0. The van der Waals surface area contributed by atoms with E-state index in [0.29, 0.717) is 0 Å². The van der Waals surface area contributed by atoms with E-state index in [2.05, 4.69) is 48.5 Å². The van der Waals surface area contributed by atoms with Gasteiger partial charge < -0.3 is 0 Å². The van der Waals surface area contributed by atoms with Crippen molar-refractivity contribution >= 4 is 0 Å². The molecule has 0 aliphatic heterocycles. The molecule has 1 aliphatic rings. The van der Waals surface area contributed by atoms with E-state index in [1.807, 2.05) is 27.7 Å². The third-order valence-electron chi connectivity index (χ3n) is 2.71. The number of fused-ring (bicyclic) bond motifs is 3. The van der Waals surface area contributed by atoms with Gasteiger partial charge in [-0.05, 0) is 28.7 Å². The topological polar surface area (TPSA) is 0 Å². The average Bonchev–Trinajstić information content (AvgIpc) is 2.82. The molecule has 0 heterocycles. The Balaban J connectivity index is 0.000000330. The fourth-order valence-corrected chi connectivity index (χ4v) is 2.08. The van der Waals surface area contributed by atoms with Crippen LogP contribution in [0.3, 0.4) is 0 Å². The highest BCUT2D eigenvalue weighted by Gasteiger charge is 2.15. The lowest BCUT2D eigenvalue weighted by Gasteiger charge is -1.98. The van der Waals surface area contributed by atoms with Crippen molar-refractivity contribution in [2.45, 2.75) is 34.1 Å². The zero-order chi connectivity index (χ0) is 12.7. The van der Waals surface area contributed by atoms with Crippen molar-refractivity contribution in [1.82, 2.24) is 0 Å². The molecule has 0 nitrogen and oxygen atoms in total. The summed E-state index contributed by atoms with van der Waals surface area (Å²) in [5.41, 5.74) is 5.75. The van der Waals surface area contributed by atoms with Crippen molar-refractivity contribution in [2.24, 2.45) is 0 Å². The van der Waals surface area contributed by atoms with Crippen LogP contribution >= 0.6 is 0 Å². The summed E-state index contributed by atoms with van der Waals surface area (Å²) in [6.45, 7) is 8.00. The Morgan fingerprint density at radius 3 is 1.35 bits per heavy atom. The van der Waals surface area contributed by atoms with Crippen LogP contribution < -0.4 is 0 Å². The Morgan fingerprint density at radius 1 is 0.588 bits per heavy atom. The van der Waals surface area contributed by atoms with Gasteiger partial charge in [0, 0.05) is 0 Å². The largest absolute Gasteiger partial charge is 0.0683 e. The molecular weight excluding hydrogens is 204 g/mol. The van der Waals surface area contributed by atoms with E-state index in [4.69, 9.17) is 0 Å². The van der Waals surface area contributed by atoms with Gasteiger partial charge >= 0.3 is 0 Å². The SMILES string of the molecule is CC.CC.c1ccc2c(c1)Cc1ccccc1-2. The molecule has 1 aliphatic carbocycles. The molecule has 0 fully saturated rings. The predicted octanol–water partition coefficient (Wildman–Crippen LogP) is 5.31. The lowest BCUT2D eigenvalue weighted by atomic mass is 10.1. The van der Waals surface area contributed by atoms with Crippen molar-refractivity contribution in [1.29, 1.82) is 0 Å². The lowest BCUT2D eigenvalue weighted by Crippen LogP contribution is -1.77. The van der Waals surface area contributed by atoms with Gasteiger partial charge in [-0.15, -0.1) is 0 Å². The molecule has 0 saturated carbocycles. The maximum atomic E-state index is 2.22. The molecule has 90 valence electrons. The maximum Gasteiger partial charge on any atom is -0.00135 e. The van der Waals surface area contributed by atoms with Gasteiger partial charge in [0.25, 0.3) is 0 Å². The van der Waals surface area contributed by atoms with Gasteiger partial charge in [0.1, 0.15) is 0 Å². The van der Waals surface area contributed by atoms with Crippen molar-refractivity contribution in [3.63, 3.8) is 0 Å². The molecule has 2 aromatic carbocycles. The summed E-state index contributed by atoms with van der Waals surface area (Å²) in [5.74, 6) is 0. The quantitative estimate of drug-likeness (QED) is 0.487. The molecule has 0 N–H and O–H groups in total. The molecular formula is C17H22. The number of benzene rings is 2. The minimum atomic E-state index is 1.10. The van der Waals surface area contributed by atoms with Gasteiger partial charge in [-0.3, -0.25) is 0 Å². The van der Waals surface area contributed by atoms with Gasteiger partial charge in [0.2, 0.25) is 0 Å². The second-order valence-electron chi connectivity index (χ2n) is 3.49. The van der Waals surface area contributed by atoms with Gasteiger partial charge in [-0.25, -0.2) is 0 Å². The predicted molar refractivity (Wildman–Crippen MR) is 77.4 cm³/mol. The normalized spacial score (nSPS) is 10.1. The van der Waals surface area contributed by atoms with Gasteiger partial charge in [0.05, 0.1) is 0 Å². The summed E-state index contributed by atoms with van der Waals surface area (Å²) >= 11 is 0. The van der Waals surface area contributed by atoms with Crippen LogP contribution in [0.25, 0.3) is 11.1 Å². The standard InChI is InChI=1S/C13H10.2C2H6/c1-3-7-12-10(5-1)9-11-6-2-4-8-13(11)12;2*1-2/h1-8H,9H2;2*1-2H3. The van der Waals surface area contributed by atoms with E-state index in [9.17, 15) is 0 Å². The fourth-order valence-electron chi connectivity index (χ4n) is 2.08. The minimum Gasteiger partial charge on any atom is -0.0683 e. The van der Waals surface area contributed by atoms with Crippen LogP contribution in [0.5, 0.6) is 0 Å². The summed E-state index contributed by atoms with van der Waals surface area (Å²) in [5, 5.41) is 0. The summed E-state index contributed by atoms with van der Waals surface area (Å²) in [6, 6.07) is 17.3. The minimum absolute atomic E-state index is 1.10. The molecule has 0 heteroatoms. The lowest BCUT2D eigenvalue weighted by molar-refractivity contribution is 1.26. The molecule has 0 amide bonds. The van der Waals surface area contributed by atoms with Crippen molar-refractivity contribution in [3.05, 3.63) is 59.7 Å². The van der Waals surface area contributed by atoms with E-state index in [1.165, 1.54) is 22.3 Å². The van der Waals surface area contributed by atoms with Crippen LogP contribution in [0.1, 0.15) is 38.8 Å². The van der Waals surface area contributed by atoms with Crippen LogP contribution in [-0.2, 0) is 6.42 Å². The Labute approximate surface area is 105 Å². The molecule has 0 unspecified atom stereocenters. The number of rotatable bonds is 0. The Morgan fingerprint density at radius 2 is 0.941 bits per heavy atom. The van der Waals surface area contributed by atoms with Gasteiger partial charge in [-0.2, -0.15) is 0 Å². The van der Waals surface area contributed by atoms with Crippen LogP contribution in [0, 0.1) is 0 Å². The fraction of sp³-hybridized carbons (Fsp3) is 0.294. The van der Waals surface area contributed by atoms with Gasteiger partial charge in [-0.1, -0.05) is 76.2 Å². The molecule has 17 heavy (non-hydrogen) atoms. The van der Waals surface area contributed by atoms with Crippen LogP contribution in [0.15, 0.2) is 48.5 Å². The maximum absolute atomic E-state index is 2.22. The number of hydrogen-bond acceptors (Lipinski definition) is 0. The first-order valence-corrected chi connectivity index (χ1v) is 6.61. The highest BCUT2D eigenvalue weighted by Crippen LogP contribution is 2.35. The molecule has 3 rings (SSSR count). The third kappa shape index (κ3) is 2.76. The van der Waals surface area contributed by atoms with E-state index in [1.54, 1.807) is 0 Å². The van der Waals surface area contributed by atoms with E-state index >= 15 is 0 Å². The molecule has 0 spiro atoms. The average molecular weight is 226 g/mol. The van der Waals surface area contributed by atoms with Gasteiger partial charge in [0.15, 0.2) is 0 Å². The Kier molecular flexibility index (Phi) is 5.48. The first-order chi connectivity index (χ1) is 8.45. The van der Waals surface area contributed by atoms with Crippen molar-refractivity contribution < 1.29 is 0 Å². The highest BCUT2D eigenvalue weighted by molar-refractivity contribution is 5.76. The Bertz CT molecular complexity index is 412. The molecule has 0 aromatic heterocycles. The van der Waals surface area contributed by atoms with Crippen LogP contribution in [0.4, 0.5) is 0 Å². The highest BCUT2D eigenvalue weighted by atomic mass is 14.2. The van der Waals surface area contributed by atoms with Crippen LogP contribution in [0.2, 0.25) is 0 Å². The van der Waals surface area contributed by atoms with Crippen LogP contribution in [-0.4, -0.2) is 0 Å². The zero-order valence-electron chi connectivity index (χ0n) is 11.3. The zero-order valence-corrected chi connectivity index (χ0v) is 11.3. The summed E-state index contributed by atoms with van der Waals surface area (Å²) in [7, 11) is 0. The first kappa shape index (κ1) is 13.5. The summed E-state index contributed by atoms with van der Waals surface area (Å²) in [6.07, 6.45) is 1.10. The molecule has 0 radical (unpaired) electrons. The second-order valence-corrected chi connectivity index (χ2v) is 3.49. The number of hydrogen-bond donors (Lipinski definition) is 0. The molecule has 0 bridgehead atoms. The smallest absolute Gasteiger partial charge is 0.00135 e. The molecule has 2 aromatic rings. The monoisotopic (exact) mass is 226 g/mol. The molecule has 0 saturated heterocycles. The molecule has 0 atom stereocenters. The third-order valence-corrected chi connectivity index (χ3v) is 2.71. The van der Waals surface area contributed by atoms with Crippen molar-refractivity contribution in [3.8, 4) is 11.1 Å². The van der Waals surface area contributed by atoms with Crippen molar-refractivity contribution in [2.75, 3.05) is 0 Å².